The molecule has 2 aromatic heterocycles. The largest absolute Gasteiger partial charge is 0.476 e. The molecule has 0 bridgehead atoms. The zero-order valence-corrected chi connectivity index (χ0v) is 20.1. The van der Waals surface area contributed by atoms with Gasteiger partial charge in [0.25, 0.3) is 5.92 Å². The number of carbonyl (C=O) groups is 1. The Morgan fingerprint density at radius 3 is 2.74 bits per heavy atom. The van der Waals surface area contributed by atoms with Gasteiger partial charge >= 0.3 is 5.97 Å². The second kappa shape index (κ2) is 9.23. The SMILES string of the molecule is Cc1cc([C@@H](C)Nc2ccc(Cl)nc2C(=O)O)c2nc(N3CCC(F)(F)CC3C)c(C#N)nc2c1. The van der Waals surface area contributed by atoms with Crippen LogP contribution in [0.5, 0.6) is 0 Å². The number of alkyl halides is 2. The minimum absolute atomic E-state index is 0.0520. The van der Waals surface area contributed by atoms with Crippen LogP contribution in [0.4, 0.5) is 20.3 Å². The first kappa shape index (κ1) is 24.5. The molecule has 2 atom stereocenters. The molecule has 1 saturated heterocycles. The van der Waals surface area contributed by atoms with Crippen molar-refractivity contribution in [2.75, 3.05) is 16.8 Å². The van der Waals surface area contributed by atoms with E-state index >= 15 is 0 Å². The van der Waals surface area contributed by atoms with Gasteiger partial charge in [-0.25, -0.2) is 28.5 Å². The molecule has 0 saturated carbocycles. The summed E-state index contributed by atoms with van der Waals surface area (Å²) >= 11 is 5.86. The predicted octanol–water partition coefficient (Wildman–Crippen LogP) is 5.35. The zero-order chi connectivity index (χ0) is 25.5. The molecule has 0 aliphatic carbocycles. The second-order valence-electron chi connectivity index (χ2n) is 8.78. The highest BCUT2D eigenvalue weighted by Crippen LogP contribution is 2.36. The molecule has 35 heavy (non-hydrogen) atoms. The summed E-state index contributed by atoms with van der Waals surface area (Å²) in [6.45, 7) is 5.44. The second-order valence-corrected chi connectivity index (χ2v) is 9.17. The quantitative estimate of drug-likeness (QED) is 0.450. The van der Waals surface area contributed by atoms with Gasteiger partial charge in [0.1, 0.15) is 11.2 Å². The highest BCUT2D eigenvalue weighted by molar-refractivity contribution is 6.29. The summed E-state index contributed by atoms with van der Waals surface area (Å²) in [4.78, 5) is 26.5. The third-order valence-corrected chi connectivity index (χ3v) is 6.26. The molecule has 2 N–H and O–H groups in total. The van der Waals surface area contributed by atoms with Gasteiger partial charge in [0.2, 0.25) is 0 Å². The number of aromatic nitrogens is 3. The molecule has 4 rings (SSSR count). The molecule has 0 amide bonds. The van der Waals surface area contributed by atoms with E-state index < -0.39 is 24.0 Å². The number of fused-ring (bicyclic) bond motifs is 1. The van der Waals surface area contributed by atoms with Crippen molar-refractivity contribution in [3.8, 4) is 6.07 Å². The molecule has 182 valence electrons. The number of nitriles is 1. The number of hydrogen-bond acceptors (Lipinski definition) is 7. The number of carboxylic acid groups (broad SMARTS) is 1. The number of nitrogens with zero attached hydrogens (tertiary/aromatic N) is 5. The Hall–Kier alpha value is -3.58. The number of rotatable bonds is 5. The number of aryl methyl sites for hydroxylation is 1. The van der Waals surface area contributed by atoms with E-state index in [0.29, 0.717) is 16.6 Å². The highest BCUT2D eigenvalue weighted by Gasteiger charge is 2.39. The minimum atomic E-state index is -2.76. The Morgan fingerprint density at radius 1 is 1.34 bits per heavy atom. The van der Waals surface area contributed by atoms with Crippen LogP contribution in [-0.2, 0) is 0 Å². The third kappa shape index (κ3) is 4.95. The van der Waals surface area contributed by atoms with Crippen molar-refractivity contribution >= 4 is 40.1 Å². The van der Waals surface area contributed by atoms with E-state index in [2.05, 4.69) is 21.4 Å². The Bertz CT molecular complexity index is 1360. The maximum absolute atomic E-state index is 13.9. The molecule has 3 aromatic rings. The van der Waals surface area contributed by atoms with Crippen LogP contribution in [0.2, 0.25) is 5.15 Å². The van der Waals surface area contributed by atoms with Crippen molar-refractivity contribution in [1.29, 1.82) is 5.26 Å². The number of nitrogens with one attached hydrogen (secondary N) is 1. The lowest BCUT2D eigenvalue weighted by atomic mass is 9.99. The van der Waals surface area contributed by atoms with Crippen LogP contribution >= 0.6 is 11.6 Å². The Kier molecular flexibility index (Phi) is 6.47. The number of halogens is 3. The number of benzene rings is 1. The fourth-order valence-corrected chi connectivity index (χ4v) is 4.57. The van der Waals surface area contributed by atoms with Crippen molar-refractivity contribution in [3.63, 3.8) is 0 Å². The van der Waals surface area contributed by atoms with Crippen LogP contribution in [0.15, 0.2) is 24.3 Å². The lowest BCUT2D eigenvalue weighted by Gasteiger charge is -2.38. The molecule has 1 aliphatic heterocycles. The van der Waals surface area contributed by atoms with Gasteiger partial charge in [0.05, 0.1) is 22.8 Å². The van der Waals surface area contributed by atoms with E-state index in [1.54, 1.807) is 17.9 Å². The molecule has 1 aromatic carbocycles. The number of piperidine rings is 1. The minimum Gasteiger partial charge on any atom is -0.476 e. The van der Waals surface area contributed by atoms with Crippen LogP contribution in [0.3, 0.4) is 0 Å². The first-order valence-electron chi connectivity index (χ1n) is 11.0. The molecule has 1 fully saturated rings. The lowest BCUT2D eigenvalue weighted by Crippen LogP contribution is -2.46. The third-order valence-electron chi connectivity index (χ3n) is 6.05. The molecule has 8 nitrogen and oxygen atoms in total. The smallest absolute Gasteiger partial charge is 0.356 e. The van der Waals surface area contributed by atoms with E-state index in [0.717, 1.165) is 5.56 Å². The van der Waals surface area contributed by atoms with Crippen LogP contribution in [0, 0.1) is 18.3 Å². The lowest BCUT2D eigenvalue weighted by molar-refractivity contribution is -0.0319. The summed E-state index contributed by atoms with van der Waals surface area (Å²) in [5.74, 6) is -3.73. The number of pyridine rings is 1. The zero-order valence-electron chi connectivity index (χ0n) is 19.3. The van der Waals surface area contributed by atoms with E-state index in [1.165, 1.54) is 12.1 Å². The van der Waals surface area contributed by atoms with Gasteiger partial charge in [-0.3, -0.25) is 0 Å². The van der Waals surface area contributed by atoms with Crippen molar-refractivity contribution in [2.24, 2.45) is 0 Å². The fraction of sp³-hybridized carbons (Fsp3) is 0.375. The van der Waals surface area contributed by atoms with E-state index in [-0.39, 0.29) is 47.4 Å². The molecule has 11 heteroatoms. The Morgan fingerprint density at radius 2 is 2.09 bits per heavy atom. The monoisotopic (exact) mass is 500 g/mol. The molecule has 0 radical (unpaired) electrons. The fourth-order valence-electron chi connectivity index (χ4n) is 4.42. The Labute approximate surface area is 205 Å². The first-order valence-corrected chi connectivity index (χ1v) is 11.4. The van der Waals surface area contributed by atoms with Gasteiger partial charge in [0, 0.05) is 31.0 Å². The summed E-state index contributed by atoms with van der Waals surface area (Å²) in [6.07, 6.45) is -0.667. The average molecular weight is 501 g/mol. The van der Waals surface area contributed by atoms with Crippen LogP contribution in [0.25, 0.3) is 11.0 Å². The average Bonchev–Trinajstić information content (AvgIpc) is 2.78. The first-order chi connectivity index (χ1) is 16.5. The number of carboxylic acids is 1. The van der Waals surface area contributed by atoms with Crippen molar-refractivity contribution in [3.05, 3.63) is 51.9 Å². The van der Waals surface area contributed by atoms with Gasteiger partial charge < -0.3 is 15.3 Å². The molecule has 3 heterocycles. The topological polar surface area (TPSA) is 115 Å². The standard InChI is InChI=1S/C24H23ClF2N6O2/c1-12-8-15(14(3)29-16-4-5-19(25)31-21(16)23(34)35)20-17(9-12)30-18(11-28)22(32-20)33-7-6-24(26,27)10-13(33)2/h4-5,8-9,13-14,29H,6-7,10H2,1-3H3,(H,34,35)/t13?,14-/m1/s1. The summed E-state index contributed by atoms with van der Waals surface area (Å²) in [5.41, 5.74) is 2.68. The number of aromatic carboxylic acids is 1. The maximum atomic E-state index is 13.9. The molecule has 0 spiro atoms. The van der Waals surface area contributed by atoms with Crippen molar-refractivity contribution in [2.45, 2.75) is 51.6 Å². The van der Waals surface area contributed by atoms with E-state index in [9.17, 15) is 23.9 Å². The highest BCUT2D eigenvalue weighted by atomic mass is 35.5. The van der Waals surface area contributed by atoms with Gasteiger partial charge in [-0.1, -0.05) is 17.7 Å². The molecular weight excluding hydrogens is 478 g/mol. The predicted molar refractivity (Wildman–Crippen MR) is 128 cm³/mol. The molecular formula is C24H23ClF2N6O2. The van der Waals surface area contributed by atoms with Crippen LogP contribution < -0.4 is 10.2 Å². The summed E-state index contributed by atoms with van der Waals surface area (Å²) in [5, 5.41) is 22.5. The number of hydrogen-bond donors (Lipinski definition) is 2. The summed E-state index contributed by atoms with van der Waals surface area (Å²) in [6, 6.07) is 7.80. The summed E-state index contributed by atoms with van der Waals surface area (Å²) in [7, 11) is 0. The Balaban J connectivity index is 1.80. The van der Waals surface area contributed by atoms with Gasteiger partial charge in [-0.05, 0) is 44.5 Å². The molecule has 1 unspecified atom stereocenters. The molecule has 1 aliphatic rings. The maximum Gasteiger partial charge on any atom is 0.356 e. The summed E-state index contributed by atoms with van der Waals surface area (Å²) < 4.78 is 27.8. The van der Waals surface area contributed by atoms with E-state index in [4.69, 9.17) is 16.6 Å². The van der Waals surface area contributed by atoms with E-state index in [1.807, 2.05) is 19.9 Å². The number of anilines is 2. The van der Waals surface area contributed by atoms with Crippen molar-refractivity contribution < 1.29 is 18.7 Å². The van der Waals surface area contributed by atoms with Gasteiger partial charge in [-0.2, -0.15) is 5.26 Å². The van der Waals surface area contributed by atoms with Gasteiger partial charge in [0.15, 0.2) is 17.2 Å². The van der Waals surface area contributed by atoms with Crippen molar-refractivity contribution in [1.82, 2.24) is 15.0 Å². The van der Waals surface area contributed by atoms with Crippen LogP contribution in [-0.4, -0.2) is 44.5 Å². The van der Waals surface area contributed by atoms with Crippen LogP contribution in [0.1, 0.15) is 60.0 Å². The van der Waals surface area contributed by atoms with Gasteiger partial charge in [-0.15, -0.1) is 0 Å². The normalized spacial score (nSPS) is 18.2.